The first kappa shape index (κ1) is 21.7. The fourth-order valence-electron chi connectivity index (χ4n) is 3.09. The minimum absolute atomic E-state index is 0.113. The zero-order valence-corrected chi connectivity index (χ0v) is 17.0. The zero-order chi connectivity index (χ0) is 22.7. The summed E-state index contributed by atoms with van der Waals surface area (Å²) in [6, 6.07) is 8.34. The highest BCUT2D eigenvalue weighted by molar-refractivity contribution is 5.96. The molecule has 2 heterocycles. The Kier molecular flexibility index (Phi) is 6.15. The number of nitrogens with one attached hydrogen (secondary N) is 1. The van der Waals surface area contributed by atoms with Gasteiger partial charge in [0.1, 0.15) is 17.1 Å². The molecule has 0 aliphatic rings. The monoisotopic (exact) mass is 427 g/mol. The Morgan fingerprint density at radius 3 is 2.42 bits per heavy atom. The van der Waals surface area contributed by atoms with Crippen LogP contribution in [-0.4, -0.2) is 14.5 Å². The van der Waals surface area contributed by atoms with Crippen LogP contribution in [0.15, 0.2) is 59.7 Å². The van der Waals surface area contributed by atoms with E-state index in [4.69, 9.17) is 4.74 Å². The highest BCUT2D eigenvalue weighted by atomic mass is 19.1. The topological polar surface area (TPSA) is 90.2 Å². The van der Waals surface area contributed by atoms with E-state index < -0.39 is 16.6 Å². The maximum atomic E-state index is 14.1. The second kappa shape index (κ2) is 8.78. The lowest BCUT2D eigenvalue weighted by atomic mass is 10.0. The van der Waals surface area contributed by atoms with Gasteiger partial charge in [-0.25, -0.2) is 8.78 Å². The number of nitro benzene ring substituents is 1. The Morgan fingerprint density at radius 2 is 1.74 bits per heavy atom. The fourth-order valence-corrected chi connectivity index (χ4v) is 3.09. The molecular formula is C22H19F2N3O4. The fraction of sp³-hybridized carbons (Fsp3) is 0.136. The summed E-state index contributed by atoms with van der Waals surface area (Å²) >= 11 is 0. The molecule has 0 unspecified atom stereocenters. The minimum Gasteiger partial charge on any atom is -0.454 e. The van der Waals surface area contributed by atoms with Crippen LogP contribution in [0, 0.1) is 21.7 Å². The molecule has 0 aliphatic carbocycles. The number of aryl methyl sites for hydroxylation is 1. The molecule has 7 nitrogen and oxygen atoms in total. The van der Waals surface area contributed by atoms with E-state index in [2.05, 4.69) is 4.98 Å². The van der Waals surface area contributed by atoms with Crippen molar-refractivity contribution in [2.45, 2.75) is 13.8 Å². The number of rotatable bonds is 4. The van der Waals surface area contributed by atoms with Gasteiger partial charge in [0.05, 0.1) is 4.92 Å². The van der Waals surface area contributed by atoms with Crippen LogP contribution in [0.2, 0.25) is 0 Å². The van der Waals surface area contributed by atoms with Crippen LogP contribution in [0.1, 0.15) is 13.8 Å². The van der Waals surface area contributed by atoms with Crippen LogP contribution in [0.4, 0.5) is 14.5 Å². The second-order valence-corrected chi connectivity index (χ2v) is 6.34. The molecule has 31 heavy (non-hydrogen) atoms. The number of H-pyrrole nitrogens is 1. The van der Waals surface area contributed by atoms with E-state index in [1.807, 2.05) is 13.8 Å². The molecule has 1 N–H and O–H groups in total. The van der Waals surface area contributed by atoms with Gasteiger partial charge in [-0.3, -0.25) is 14.9 Å². The summed E-state index contributed by atoms with van der Waals surface area (Å²) < 4.78 is 34.2. The number of nitro groups is 1. The van der Waals surface area contributed by atoms with Crippen LogP contribution < -0.4 is 10.3 Å². The first-order chi connectivity index (χ1) is 14.8. The number of aromatic nitrogens is 2. The number of hydrogen-bond donors (Lipinski definition) is 1. The Balaban J connectivity index is 0.00000132. The number of hydrogen-bond acceptors (Lipinski definition) is 4. The first-order valence-corrected chi connectivity index (χ1v) is 9.43. The molecule has 0 fully saturated rings. The molecule has 0 saturated carbocycles. The molecule has 9 heteroatoms. The molecule has 4 rings (SSSR count). The standard InChI is InChI=1S/C20H13F2N3O4.C2H6/c1-24-10-15(13-6-7-23-19(13)20(24)26)14-9-12(25(27)28)3-5-17(14)29-18-4-2-11(21)8-16(18)22;1-2/h2-10,23H,1H3;1-2H3. The van der Waals surface area contributed by atoms with E-state index in [0.717, 1.165) is 12.1 Å². The maximum absolute atomic E-state index is 14.1. The largest absolute Gasteiger partial charge is 0.454 e. The van der Waals surface area contributed by atoms with E-state index in [-0.39, 0.29) is 28.3 Å². The Morgan fingerprint density at radius 1 is 1.03 bits per heavy atom. The molecule has 0 amide bonds. The summed E-state index contributed by atoms with van der Waals surface area (Å²) in [7, 11) is 1.55. The van der Waals surface area contributed by atoms with E-state index in [1.165, 1.54) is 29.0 Å². The molecule has 0 spiro atoms. The lowest BCUT2D eigenvalue weighted by Crippen LogP contribution is -2.16. The van der Waals surface area contributed by atoms with Gasteiger partial charge in [0, 0.05) is 54.2 Å². The third-order valence-corrected chi connectivity index (χ3v) is 4.47. The average Bonchev–Trinajstić information content (AvgIpc) is 3.24. The van der Waals surface area contributed by atoms with Crippen LogP contribution >= 0.6 is 0 Å². The average molecular weight is 427 g/mol. The number of halogens is 2. The molecule has 0 bridgehead atoms. The SMILES string of the molecule is CC.Cn1cc(-c2cc([N+](=O)[O-])ccc2Oc2ccc(F)cc2F)c2cc[nH]c2c1=O. The van der Waals surface area contributed by atoms with Crippen molar-refractivity contribution in [1.82, 2.24) is 9.55 Å². The number of benzene rings is 2. The highest BCUT2D eigenvalue weighted by Crippen LogP contribution is 2.39. The lowest BCUT2D eigenvalue weighted by molar-refractivity contribution is -0.384. The van der Waals surface area contributed by atoms with Gasteiger partial charge in [0.25, 0.3) is 11.2 Å². The van der Waals surface area contributed by atoms with E-state index >= 15 is 0 Å². The van der Waals surface area contributed by atoms with Crippen LogP contribution in [0.25, 0.3) is 22.0 Å². The third kappa shape index (κ3) is 4.16. The summed E-state index contributed by atoms with van der Waals surface area (Å²) in [6.07, 6.45) is 3.10. The molecule has 0 atom stereocenters. The molecular weight excluding hydrogens is 408 g/mol. The summed E-state index contributed by atoms with van der Waals surface area (Å²) in [5, 5.41) is 11.8. The Bertz CT molecular complexity index is 1330. The van der Waals surface area contributed by atoms with Gasteiger partial charge < -0.3 is 14.3 Å². The summed E-state index contributed by atoms with van der Waals surface area (Å²) in [5.74, 6) is -1.80. The van der Waals surface area contributed by atoms with Crippen molar-refractivity contribution in [3.63, 3.8) is 0 Å². The first-order valence-electron chi connectivity index (χ1n) is 9.43. The summed E-state index contributed by atoms with van der Waals surface area (Å²) in [4.78, 5) is 25.9. The predicted octanol–water partition coefficient (Wildman–Crippen LogP) is 5.54. The minimum atomic E-state index is -0.915. The number of fused-ring (bicyclic) bond motifs is 1. The van der Waals surface area contributed by atoms with Crippen molar-refractivity contribution >= 4 is 16.6 Å². The number of nitrogens with zero attached hydrogens (tertiary/aromatic N) is 2. The van der Waals surface area contributed by atoms with E-state index in [9.17, 15) is 23.7 Å². The van der Waals surface area contributed by atoms with Gasteiger partial charge >= 0.3 is 0 Å². The van der Waals surface area contributed by atoms with Crippen molar-refractivity contribution in [1.29, 1.82) is 0 Å². The van der Waals surface area contributed by atoms with Crippen molar-refractivity contribution in [2.24, 2.45) is 7.05 Å². The van der Waals surface area contributed by atoms with Crippen molar-refractivity contribution in [2.75, 3.05) is 0 Å². The molecule has 0 aliphatic heterocycles. The molecule has 160 valence electrons. The van der Waals surface area contributed by atoms with E-state index in [1.54, 1.807) is 19.3 Å². The number of ether oxygens (including phenoxy) is 1. The summed E-state index contributed by atoms with van der Waals surface area (Å²) in [5.41, 5.74) is 0.596. The van der Waals surface area contributed by atoms with Crippen molar-refractivity contribution in [3.05, 3.63) is 87.0 Å². The van der Waals surface area contributed by atoms with Gasteiger partial charge in [-0.15, -0.1) is 0 Å². The molecule has 2 aromatic heterocycles. The molecule has 0 radical (unpaired) electrons. The number of non-ortho nitro benzene ring substituents is 1. The molecule has 0 saturated heterocycles. The molecule has 2 aromatic carbocycles. The zero-order valence-electron chi connectivity index (χ0n) is 17.0. The quantitative estimate of drug-likeness (QED) is 0.342. The second-order valence-electron chi connectivity index (χ2n) is 6.34. The normalized spacial score (nSPS) is 10.5. The van der Waals surface area contributed by atoms with Gasteiger partial charge in [0.2, 0.25) is 0 Å². The predicted molar refractivity (Wildman–Crippen MR) is 113 cm³/mol. The van der Waals surface area contributed by atoms with Crippen LogP contribution in [0.3, 0.4) is 0 Å². The third-order valence-electron chi connectivity index (χ3n) is 4.47. The number of aromatic amines is 1. The highest BCUT2D eigenvalue weighted by Gasteiger charge is 2.19. The van der Waals surface area contributed by atoms with Crippen molar-refractivity contribution in [3.8, 4) is 22.6 Å². The Hall–Kier alpha value is -4.01. The number of pyridine rings is 1. The van der Waals surface area contributed by atoms with Gasteiger partial charge in [-0.2, -0.15) is 0 Å². The smallest absolute Gasteiger partial charge is 0.274 e. The Labute approximate surface area is 175 Å². The van der Waals surface area contributed by atoms with Gasteiger partial charge in [-0.05, 0) is 24.3 Å². The van der Waals surface area contributed by atoms with Crippen LogP contribution in [-0.2, 0) is 7.05 Å². The van der Waals surface area contributed by atoms with Gasteiger partial charge in [-0.1, -0.05) is 13.8 Å². The summed E-state index contributed by atoms with van der Waals surface area (Å²) in [6.45, 7) is 4.00. The molecule has 4 aromatic rings. The van der Waals surface area contributed by atoms with E-state index in [0.29, 0.717) is 22.5 Å². The van der Waals surface area contributed by atoms with Crippen LogP contribution in [0.5, 0.6) is 11.5 Å². The van der Waals surface area contributed by atoms with Crippen molar-refractivity contribution < 1.29 is 18.4 Å². The maximum Gasteiger partial charge on any atom is 0.274 e. The van der Waals surface area contributed by atoms with Gasteiger partial charge in [0.15, 0.2) is 11.6 Å². The lowest BCUT2D eigenvalue weighted by Gasteiger charge is -2.14.